The maximum Gasteiger partial charge on any atom is 0.418 e. The summed E-state index contributed by atoms with van der Waals surface area (Å²) in [7, 11) is 0. The van der Waals surface area contributed by atoms with Gasteiger partial charge in [0.15, 0.2) is 6.10 Å². The van der Waals surface area contributed by atoms with Crippen LogP contribution in [0.15, 0.2) is 36.4 Å². The summed E-state index contributed by atoms with van der Waals surface area (Å²) in [6.07, 6.45) is -2.45. The van der Waals surface area contributed by atoms with E-state index >= 15 is 0 Å². The number of carboxylic acids is 1. The molecule has 0 aliphatic carbocycles. The number of aliphatic carboxylic acids is 1. The number of piperidine rings is 3. The van der Waals surface area contributed by atoms with E-state index in [1.165, 1.54) is 11.0 Å². The molecule has 2 aromatic carbocycles. The number of carbonyl (C=O) groups excluding carboxylic acids is 3. The number of benzene rings is 2. The largest absolute Gasteiger partial charge is 0.480 e. The predicted octanol–water partition coefficient (Wildman–Crippen LogP) is 5.58. The number of nitrogens with one attached hydrogen (secondary N) is 1. The Morgan fingerprint density at radius 1 is 0.925 bits per heavy atom. The molecule has 0 aromatic heterocycles. The van der Waals surface area contributed by atoms with Crippen LogP contribution >= 0.6 is 11.6 Å². The zero-order chi connectivity index (χ0) is 37.9. The molecule has 4 amide bonds. The molecule has 4 heterocycles. The van der Waals surface area contributed by atoms with E-state index in [9.17, 15) is 32.3 Å². The van der Waals surface area contributed by atoms with Crippen molar-refractivity contribution in [1.82, 2.24) is 19.6 Å². The average molecular weight is 763 g/mol. The topological polar surface area (TPSA) is 149 Å². The Morgan fingerprint density at radius 3 is 2.19 bits per heavy atom. The van der Waals surface area contributed by atoms with Crippen molar-refractivity contribution in [3.63, 3.8) is 0 Å². The number of hydrogen-bond acceptors (Lipinski definition) is 7. The van der Waals surface area contributed by atoms with Gasteiger partial charge in [-0.25, -0.2) is 9.59 Å². The Labute approximate surface area is 311 Å². The van der Waals surface area contributed by atoms with E-state index in [1.807, 2.05) is 29.2 Å². The zero-order valence-corrected chi connectivity index (χ0v) is 30.2. The lowest BCUT2D eigenvalue weighted by atomic mass is 9.78. The summed E-state index contributed by atoms with van der Waals surface area (Å²) in [5.41, 5.74) is 5.79. The molecule has 3 saturated heterocycles. The monoisotopic (exact) mass is 762 g/mol. The number of rotatable bonds is 8. The van der Waals surface area contributed by atoms with Crippen LogP contribution in [0.3, 0.4) is 0 Å². The van der Waals surface area contributed by atoms with Crippen LogP contribution in [0.4, 0.5) is 34.1 Å². The average Bonchev–Trinajstić information content (AvgIpc) is 3.30. The second-order valence-electron chi connectivity index (χ2n) is 14.5. The lowest BCUT2D eigenvalue weighted by Crippen LogP contribution is -2.52. The van der Waals surface area contributed by atoms with Crippen LogP contribution in [0.5, 0.6) is 0 Å². The Bertz CT molecular complexity index is 1670. The molecule has 6 rings (SSSR count). The third-order valence-corrected chi connectivity index (χ3v) is 11.6. The molecule has 4 aliphatic heterocycles. The van der Waals surface area contributed by atoms with Crippen molar-refractivity contribution in [3.8, 4) is 0 Å². The SMILES string of the molecule is Nc1c(Cl)cc(C[C@@H](OC(=O)N2CCC(N3CCc4ccccc4NC3=O)CC2)C(=O)N2CCC(C3CCN(CC(=O)O)CC3)CC2)cc1C(F)(F)F. The number of likely N-dealkylation sites (tertiary alicyclic amines) is 3. The first-order valence-corrected chi connectivity index (χ1v) is 18.6. The Kier molecular flexibility index (Phi) is 11.9. The number of amides is 4. The first kappa shape index (κ1) is 38.5. The summed E-state index contributed by atoms with van der Waals surface area (Å²) >= 11 is 6.11. The molecule has 1 atom stereocenters. The number of carbonyl (C=O) groups is 4. The number of nitrogens with zero attached hydrogens (tertiary/aromatic N) is 4. The quantitative estimate of drug-likeness (QED) is 0.296. The number of hydrogen-bond donors (Lipinski definition) is 3. The van der Waals surface area contributed by atoms with Gasteiger partial charge in [0.2, 0.25) is 0 Å². The Balaban J connectivity index is 1.10. The molecule has 0 saturated carbocycles. The summed E-state index contributed by atoms with van der Waals surface area (Å²) in [4.78, 5) is 58.6. The molecule has 0 unspecified atom stereocenters. The fourth-order valence-corrected chi connectivity index (χ4v) is 8.52. The fourth-order valence-electron chi connectivity index (χ4n) is 8.28. The minimum Gasteiger partial charge on any atom is -0.480 e. The van der Waals surface area contributed by atoms with E-state index in [0.717, 1.165) is 30.2 Å². The highest BCUT2D eigenvalue weighted by Crippen LogP contribution is 2.39. The molecule has 2 aromatic rings. The maximum absolute atomic E-state index is 14.0. The van der Waals surface area contributed by atoms with E-state index in [4.69, 9.17) is 27.2 Å². The molecule has 288 valence electrons. The number of anilines is 2. The molecule has 0 radical (unpaired) electrons. The van der Waals surface area contributed by atoms with Crippen LogP contribution in [-0.4, -0.2) is 113 Å². The molecular formula is C37H46ClF3N6O6. The number of carboxylic acid groups (broad SMARTS) is 1. The van der Waals surface area contributed by atoms with Gasteiger partial charge in [-0.05, 0) is 99.2 Å². The first-order valence-electron chi connectivity index (χ1n) is 18.3. The summed E-state index contributed by atoms with van der Waals surface area (Å²) in [5.74, 6) is -0.592. The van der Waals surface area contributed by atoms with Gasteiger partial charge in [0.05, 0.1) is 22.8 Å². The molecule has 4 aliphatic rings. The van der Waals surface area contributed by atoms with E-state index in [2.05, 4.69) is 5.32 Å². The van der Waals surface area contributed by atoms with Crippen molar-refractivity contribution in [3.05, 3.63) is 58.1 Å². The third-order valence-electron chi connectivity index (χ3n) is 11.2. The molecular weight excluding hydrogens is 717 g/mol. The molecule has 53 heavy (non-hydrogen) atoms. The van der Waals surface area contributed by atoms with E-state index in [0.29, 0.717) is 76.7 Å². The number of alkyl halides is 3. The highest BCUT2D eigenvalue weighted by Gasteiger charge is 2.39. The van der Waals surface area contributed by atoms with Crippen LogP contribution in [0.25, 0.3) is 0 Å². The number of fused-ring (bicyclic) bond motifs is 1. The lowest BCUT2D eigenvalue weighted by Gasteiger charge is -2.41. The van der Waals surface area contributed by atoms with Crippen molar-refractivity contribution in [1.29, 1.82) is 0 Å². The Morgan fingerprint density at radius 2 is 1.55 bits per heavy atom. The van der Waals surface area contributed by atoms with Gasteiger partial charge >= 0.3 is 24.3 Å². The number of nitrogen functional groups attached to an aromatic ring is 1. The highest BCUT2D eigenvalue weighted by atomic mass is 35.5. The van der Waals surface area contributed by atoms with Gasteiger partial charge in [0.25, 0.3) is 5.91 Å². The van der Waals surface area contributed by atoms with Crippen LogP contribution < -0.4 is 11.1 Å². The summed E-state index contributed by atoms with van der Waals surface area (Å²) in [6.45, 7) is 3.29. The summed E-state index contributed by atoms with van der Waals surface area (Å²) in [5, 5.41) is 11.8. The minimum absolute atomic E-state index is 0.0202. The third kappa shape index (κ3) is 9.29. The molecule has 16 heteroatoms. The maximum atomic E-state index is 14.0. The zero-order valence-electron chi connectivity index (χ0n) is 29.5. The van der Waals surface area contributed by atoms with Gasteiger partial charge in [-0.2, -0.15) is 13.2 Å². The molecule has 4 N–H and O–H groups in total. The summed E-state index contributed by atoms with van der Waals surface area (Å²) in [6, 6.07) is 9.44. The smallest absolute Gasteiger partial charge is 0.418 e. The van der Waals surface area contributed by atoms with E-state index in [-0.39, 0.29) is 48.7 Å². The van der Waals surface area contributed by atoms with Crippen molar-refractivity contribution >= 4 is 47.0 Å². The van der Waals surface area contributed by atoms with Gasteiger partial charge in [0.1, 0.15) is 0 Å². The van der Waals surface area contributed by atoms with Crippen molar-refractivity contribution in [2.24, 2.45) is 11.8 Å². The second kappa shape index (κ2) is 16.4. The van der Waals surface area contributed by atoms with Crippen molar-refractivity contribution in [2.75, 3.05) is 63.4 Å². The van der Waals surface area contributed by atoms with Gasteiger partial charge < -0.3 is 35.6 Å². The van der Waals surface area contributed by atoms with Crippen molar-refractivity contribution in [2.45, 2.75) is 69.7 Å². The number of halogens is 4. The molecule has 0 bridgehead atoms. The minimum atomic E-state index is -4.79. The number of urea groups is 1. The van der Waals surface area contributed by atoms with Crippen molar-refractivity contribution < 1.29 is 42.2 Å². The van der Waals surface area contributed by atoms with E-state index < -0.39 is 41.5 Å². The predicted molar refractivity (Wildman–Crippen MR) is 191 cm³/mol. The Hall–Kier alpha value is -4.24. The van der Waals surface area contributed by atoms with Crippen LogP contribution in [-0.2, 0) is 33.3 Å². The summed E-state index contributed by atoms with van der Waals surface area (Å²) < 4.78 is 47.4. The van der Waals surface area contributed by atoms with Gasteiger partial charge in [0, 0.05) is 50.9 Å². The van der Waals surface area contributed by atoms with Gasteiger partial charge in [-0.3, -0.25) is 14.5 Å². The highest BCUT2D eigenvalue weighted by molar-refractivity contribution is 6.33. The molecule has 12 nitrogen and oxygen atoms in total. The number of nitrogens with two attached hydrogens (primary N) is 1. The lowest BCUT2D eigenvalue weighted by molar-refractivity contribution is -0.142. The van der Waals surface area contributed by atoms with Gasteiger partial charge in [-0.15, -0.1) is 0 Å². The van der Waals surface area contributed by atoms with Gasteiger partial charge in [-0.1, -0.05) is 29.8 Å². The number of para-hydroxylation sites is 1. The molecule has 0 spiro atoms. The van der Waals surface area contributed by atoms with E-state index in [1.54, 1.807) is 9.80 Å². The molecule has 3 fully saturated rings. The fraction of sp³-hybridized carbons (Fsp3) is 0.568. The van der Waals surface area contributed by atoms with Crippen LogP contribution in [0.2, 0.25) is 5.02 Å². The van der Waals surface area contributed by atoms with Crippen LogP contribution in [0.1, 0.15) is 55.2 Å². The standard InChI is InChI=1S/C37H46ClF3N6O6/c38-29-20-23(19-28(33(29)42)37(39,40)41)21-31(34(50)45-14-7-25(8-15-45)24-5-12-44(13-6-24)22-32(48)49)53-36(52)46-16-10-27(11-17-46)47-18-9-26-3-1-2-4-30(26)43-35(47)51/h1-4,19-20,24-25,27,31H,5-18,21-22,42H2,(H,43,51)(H,48,49)/t31-/m1/s1. The normalized spacial score (nSPS) is 20.4. The second-order valence-corrected chi connectivity index (χ2v) is 14.9. The van der Waals surface area contributed by atoms with Crippen LogP contribution in [0, 0.1) is 11.8 Å². The number of ether oxygens (including phenoxy) is 1. The first-order chi connectivity index (χ1) is 25.3.